The Kier molecular flexibility index (Phi) is 4.04. The molecule has 23 heavy (non-hydrogen) atoms. The molecule has 3 heterocycles. The molecule has 0 saturated carbocycles. The van der Waals surface area contributed by atoms with E-state index in [1.54, 1.807) is 13.0 Å². The molecule has 2 aromatic heterocycles. The van der Waals surface area contributed by atoms with Crippen LogP contribution in [0.3, 0.4) is 0 Å². The summed E-state index contributed by atoms with van der Waals surface area (Å²) < 4.78 is 0. The fourth-order valence-corrected chi connectivity index (χ4v) is 2.98. The van der Waals surface area contributed by atoms with E-state index in [-0.39, 0.29) is 23.9 Å². The van der Waals surface area contributed by atoms with E-state index in [4.69, 9.17) is 0 Å². The molecule has 7 nitrogen and oxygen atoms in total. The maximum Gasteiger partial charge on any atom is 0.260 e. The lowest BCUT2D eigenvalue weighted by atomic mass is 10.0. The Morgan fingerprint density at radius 1 is 1.35 bits per heavy atom. The zero-order valence-corrected chi connectivity index (χ0v) is 13.2. The molecule has 0 spiro atoms. The molecule has 1 fully saturated rings. The van der Waals surface area contributed by atoms with Gasteiger partial charge in [0.15, 0.2) is 0 Å². The van der Waals surface area contributed by atoms with Gasteiger partial charge < -0.3 is 15.0 Å². The van der Waals surface area contributed by atoms with Crippen LogP contribution < -0.4 is 5.56 Å². The summed E-state index contributed by atoms with van der Waals surface area (Å²) in [4.78, 5) is 28.6. The van der Waals surface area contributed by atoms with E-state index in [0.29, 0.717) is 18.7 Å². The molecule has 7 heteroatoms. The van der Waals surface area contributed by atoms with Crippen LogP contribution in [0.15, 0.2) is 23.0 Å². The number of pyridine rings is 1. The molecule has 2 unspecified atom stereocenters. The van der Waals surface area contributed by atoms with Gasteiger partial charge in [-0.2, -0.15) is 5.10 Å². The SMILES string of the molecule is Cc1cc(CC2CN(C(=O)c3ccc(C)[nH]c3=O)CC2O)n[nH]1. The molecular weight excluding hydrogens is 296 g/mol. The highest BCUT2D eigenvalue weighted by atomic mass is 16.3. The van der Waals surface area contributed by atoms with Crippen molar-refractivity contribution < 1.29 is 9.90 Å². The number of carbonyl (C=O) groups is 1. The Morgan fingerprint density at radius 3 is 2.78 bits per heavy atom. The highest BCUT2D eigenvalue weighted by Crippen LogP contribution is 2.22. The molecule has 3 rings (SSSR count). The van der Waals surface area contributed by atoms with Gasteiger partial charge in [-0.15, -0.1) is 0 Å². The van der Waals surface area contributed by atoms with Crippen LogP contribution in [0.1, 0.15) is 27.4 Å². The second-order valence-electron chi connectivity index (χ2n) is 6.17. The molecule has 0 bridgehead atoms. The second-order valence-corrected chi connectivity index (χ2v) is 6.17. The van der Waals surface area contributed by atoms with Gasteiger partial charge in [-0.3, -0.25) is 14.7 Å². The van der Waals surface area contributed by atoms with Crippen LogP contribution in [0.25, 0.3) is 0 Å². The number of aliphatic hydroxyl groups is 1. The van der Waals surface area contributed by atoms with Crippen molar-refractivity contribution in [2.45, 2.75) is 26.4 Å². The first kappa shape index (κ1) is 15.5. The Morgan fingerprint density at radius 2 is 2.13 bits per heavy atom. The van der Waals surface area contributed by atoms with Gasteiger partial charge in [-0.05, 0) is 38.5 Å². The van der Waals surface area contributed by atoms with E-state index >= 15 is 0 Å². The van der Waals surface area contributed by atoms with Crippen LogP contribution in [-0.2, 0) is 6.42 Å². The molecule has 1 aliphatic rings. The molecule has 0 aromatic carbocycles. The minimum Gasteiger partial charge on any atom is -0.391 e. The maximum atomic E-state index is 12.5. The predicted molar refractivity (Wildman–Crippen MR) is 84.2 cm³/mol. The van der Waals surface area contributed by atoms with Crippen LogP contribution in [0, 0.1) is 19.8 Å². The number of β-amino-alcohol motifs (C(OH)–C–C–N with tert-alkyl or cyclic N) is 1. The zero-order valence-electron chi connectivity index (χ0n) is 13.2. The van der Waals surface area contributed by atoms with Crippen molar-refractivity contribution in [1.82, 2.24) is 20.1 Å². The van der Waals surface area contributed by atoms with Crippen molar-refractivity contribution in [3.05, 3.63) is 51.2 Å². The first-order chi connectivity index (χ1) is 10.9. The third-order valence-corrected chi connectivity index (χ3v) is 4.21. The number of hydrogen-bond donors (Lipinski definition) is 3. The summed E-state index contributed by atoms with van der Waals surface area (Å²) in [6, 6.07) is 5.17. The summed E-state index contributed by atoms with van der Waals surface area (Å²) in [5.74, 6) is -0.419. The van der Waals surface area contributed by atoms with E-state index in [1.807, 2.05) is 13.0 Å². The van der Waals surface area contributed by atoms with Gasteiger partial charge in [0, 0.05) is 30.4 Å². The smallest absolute Gasteiger partial charge is 0.260 e. The average Bonchev–Trinajstić information content (AvgIpc) is 3.05. The Hall–Kier alpha value is -2.41. The number of aryl methyl sites for hydroxylation is 2. The molecule has 2 aromatic rings. The number of aliphatic hydroxyl groups excluding tert-OH is 1. The maximum absolute atomic E-state index is 12.5. The number of likely N-dealkylation sites (tertiary alicyclic amines) is 1. The van der Waals surface area contributed by atoms with E-state index in [0.717, 1.165) is 11.4 Å². The van der Waals surface area contributed by atoms with Gasteiger partial charge in [0.25, 0.3) is 11.5 Å². The van der Waals surface area contributed by atoms with Gasteiger partial charge >= 0.3 is 0 Å². The summed E-state index contributed by atoms with van der Waals surface area (Å²) in [5, 5.41) is 17.3. The highest BCUT2D eigenvalue weighted by Gasteiger charge is 2.35. The normalized spacial score (nSPS) is 20.9. The summed E-state index contributed by atoms with van der Waals surface area (Å²) in [7, 11) is 0. The van der Waals surface area contributed by atoms with Crippen LogP contribution in [0.5, 0.6) is 0 Å². The number of aromatic amines is 2. The monoisotopic (exact) mass is 316 g/mol. The van der Waals surface area contributed by atoms with Crippen LogP contribution >= 0.6 is 0 Å². The fraction of sp³-hybridized carbons (Fsp3) is 0.438. The number of H-pyrrole nitrogens is 2. The zero-order chi connectivity index (χ0) is 16.6. The largest absolute Gasteiger partial charge is 0.391 e. The number of rotatable bonds is 3. The van der Waals surface area contributed by atoms with E-state index in [9.17, 15) is 14.7 Å². The van der Waals surface area contributed by atoms with E-state index in [2.05, 4.69) is 15.2 Å². The van der Waals surface area contributed by atoms with Crippen molar-refractivity contribution in [2.75, 3.05) is 13.1 Å². The van der Waals surface area contributed by atoms with Crippen LogP contribution in [-0.4, -0.2) is 50.3 Å². The lowest BCUT2D eigenvalue weighted by Gasteiger charge is -2.15. The fourth-order valence-electron chi connectivity index (χ4n) is 2.98. The molecule has 1 amide bonds. The quantitative estimate of drug-likeness (QED) is 0.762. The predicted octanol–water partition coefficient (Wildman–Crippen LogP) is 0.390. The minimum atomic E-state index is -0.611. The summed E-state index contributed by atoms with van der Waals surface area (Å²) in [5.41, 5.74) is 2.26. The van der Waals surface area contributed by atoms with Gasteiger partial charge in [0.2, 0.25) is 0 Å². The number of aromatic nitrogens is 3. The Bertz CT molecular complexity index is 780. The molecule has 122 valence electrons. The molecule has 0 radical (unpaired) electrons. The van der Waals surface area contributed by atoms with Crippen LogP contribution in [0.4, 0.5) is 0 Å². The number of nitrogens with zero attached hydrogens (tertiary/aromatic N) is 2. The number of carbonyl (C=O) groups excluding carboxylic acids is 1. The number of hydrogen-bond acceptors (Lipinski definition) is 4. The van der Waals surface area contributed by atoms with Crippen molar-refractivity contribution in [2.24, 2.45) is 5.92 Å². The van der Waals surface area contributed by atoms with Crippen molar-refractivity contribution in [3.63, 3.8) is 0 Å². The first-order valence-corrected chi connectivity index (χ1v) is 7.62. The lowest BCUT2D eigenvalue weighted by Crippen LogP contribution is -2.33. The third-order valence-electron chi connectivity index (χ3n) is 4.21. The van der Waals surface area contributed by atoms with Gasteiger partial charge in [-0.1, -0.05) is 0 Å². The van der Waals surface area contributed by atoms with Crippen LogP contribution in [0.2, 0.25) is 0 Å². The van der Waals surface area contributed by atoms with Crippen molar-refractivity contribution >= 4 is 5.91 Å². The molecule has 3 N–H and O–H groups in total. The summed E-state index contributed by atoms with van der Waals surface area (Å²) >= 11 is 0. The summed E-state index contributed by atoms with van der Waals surface area (Å²) in [6.45, 7) is 4.33. The molecular formula is C16H20N4O3. The lowest BCUT2D eigenvalue weighted by molar-refractivity contribution is 0.0763. The third kappa shape index (κ3) is 3.19. The molecule has 0 aliphatic carbocycles. The average molecular weight is 316 g/mol. The highest BCUT2D eigenvalue weighted by molar-refractivity contribution is 5.94. The number of amides is 1. The Balaban J connectivity index is 1.72. The van der Waals surface area contributed by atoms with E-state index < -0.39 is 11.7 Å². The molecule has 1 aliphatic heterocycles. The standard InChI is InChI=1S/C16H20N4O3/c1-9-3-4-13(15(22)17-9)16(23)20-7-11(14(21)8-20)6-12-5-10(2)18-19-12/h3-5,11,14,21H,6-8H2,1-2H3,(H,17,22)(H,18,19). The first-order valence-electron chi connectivity index (χ1n) is 7.62. The number of nitrogens with one attached hydrogen (secondary N) is 2. The van der Waals surface area contributed by atoms with Gasteiger partial charge in [0.1, 0.15) is 5.56 Å². The van der Waals surface area contributed by atoms with Gasteiger partial charge in [0.05, 0.1) is 11.8 Å². The Labute approximate surface area is 133 Å². The summed E-state index contributed by atoms with van der Waals surface area (Å²) in [6.07, 6.45) is -0.0139. The van der Waals surface area contributed by atoms with Crippen molar-refractivity contribution in [1.29, 1.82) is 0 Å². The van der Waals surface area contributed by atoms with Crippen molar-refractivity contribution in [3.8, 4) is 0 Å². The topological polar surface area (TPSA) is 102 Å². The minimum absolute atomic E-state index is 0.0776. The second kappa shape index (κ2) is 6.00. The molecule has 2 atom stereocenters. The van der Waals surface area contributed by atoms with E-state index in [1.165, 1.54) is 11.0 Å². The molecule has 1 saturated heterocycles. The van der Waals surface area contributed by atoms with Gasteiger partial charge in [-0.25, -0.2) is 0 Å².